The van der Waals surface area contributed by atoms with Crippen LogP contribution in [0.15, 0.2) is 29.4 Å². The number of fused-ring (bicyclic) bond motifs is 1. The van der Waals surface area contributed by atoms with E-state index in [4.69, 9.17) is 0 Å². The molecule has 0 bridgehead atoms. The normalized spacial score (nSPS) is 11.3. The zero-order chi connectivity index (χ0) is 14.1. The molecule has 0 atom stereocenters. The molecule has 0 fully saturated rings. The number of imidazole rings is 1. The van der Waals surface area contributed by atoms with Gasteiger partial charge in [-0.05, 0) is 22.9 Å². The second-order valence-electron chi connectivity index (χ2n) is 4.67. The lowest BCUT2D eigenvalue weighted by molar-refractivity contribution is 0.668. The molecular weight excluding hydrogens is 320 g/mol. The smallest absolute Gasteiger partial charge is 0.155 e. The molecule has 104 valence electrons. The quantitative estimate of drug-likeness (QED) is 0.790. The van der Waals surface area contributed by atoms with Crippen molar-refractivity contribution >= 4 is 21.6 Å². The maximum Gasteiger partial charge on any atom is 0.155 e. The predicted molar refractivity (Wildman–Crippen MR) is 79.2 cm³/mol. The monoisotopic (exact) mass is 334 g/mol. The fourth-order valence-corrected chi connectivity index (χ4v) is 2.40. The third-order valence-electron chi connectivity index (χ3n) is 3.40. The van der Waals surface area contributed by atoms with Crippen molar-refractivity contribution in [3.63, 3.8) is 0 Å². The minimum Gasteiger partial charge on any atom is -0.307 e. The van der Waals surface area contributed by atoms with Gasteiger partial charge in [-0.3, -0.25) is 9.08 Å². The van der Waals surface area contributed by atoms with Crippen molar-refractivity contribution in [1.82, 2.24) is 29.5 Å². The number of halogens is 1. The first-order valence-corrected chi connectivity index (χ1v) is 7.10. The lowest BCUT2D eigenvalue weighted by Crippen LogP contribution is -2.14. The summed E-state index contributed by atoms with van der Waals surface area (Å²) in [4.78, 5) is 8.50. The van der Waals surface area contributed by atoms with Crippen LogP contribution in [0, 0.1) is 6.92 Å². The molecule has 6 nitrogen and oxygen atoms in total. The molecule has 3 aromatic rings. The van der Waals surface area contributed by atoms with Crippen LogP contribution in [-0.2, 0) is 20.1 Å². The predicted octanol–water partition coefficient (Wildman–Crippen LogP) is 1.82. The molecule has 7 heteroatoms. The largest absolute Gasteiger partial charge is 0.307 e. The van der Waals surface area contributed by atoms with E-state index in [2.05, 4.69) is 43.2 Å². The molecule has 0 aliphatic rings. The highest BCUT2D eigenvalue weighted by Gasteiger charge is 2.06. The third kappa shape index (κ3) is 2.46. The van der Waals surface area contributed by atoms with Crippen LogP contribution in [0.2, 0.25) is 0 Å². The van der Waals surface area contributed by atoms with Crippen LogP contribution in [-0.4, -0.2) is 24.1 Å². The maximum absolute atomic E-state index is 4.33. The van der Waals surface area contributed by atoms with E-state index in [0.29, 0.717) is 0 Å². The van der Waals surface area contributed by atoms with Crippen LogP contribution in [0.25, 0.3) is 5.65 Å². The second-order valence-corrected chi connectivity index (χ2v) is 5.48. The van der Waals surface area contributed by atoms with Gasteiger partial charge in [-0.2, -0.15) is 5.10 Å². The van der Waals surface area contributed by atoms with Crippen LogP contribution in [0.5, 0.6) is 0 Å². The molecule has 0 aromatic carbocycles. The topological polar surface area (TPSA) is 60.0 Å². The van der Waals surface area contributed by atoms with Gasteiger partial charge in [0.15, 0.2) is 5.65 Å². The summed E-state index contributed by atoms with van der Waals surface area (Å²) < 4.78 is 4.71. The van der Waals surface area contributed by atoms with Crippen molar-refractivity contribution in [1.29, 1.82) is 0 Å². The first kappa shape index (κ1) is 13.3. The van der Waals surface area contributed by atoms with Crippen molar-refractivity contribution in [3.8, 4) is 0 Å². The fraction of sp³-hybridized carbons (Fsp3) is 0.308. The van der Waals surface area contributed by atoms with E-state index in [1.54, 1.807) is 6.20 Å². The SMILES string of the molecule is Cc1c(CNCc2cnc3cnc(Br)cn23)cnn1C. The summed E-state index contributed by atoms with van der Waals surface area (Å²) in [7, 11) is 1.95. The van der Waals surface area contributed by atoms with E-state index in [0.717, 1.165) is 29.0 Å². The maximum atomic E-state index is 4.33. The lowest BCUT2D eigenvalue weighted by Gasteiger charge is -2.05. The number of aromatic nitrogens is 5. The minimum absolute atomic E-state index is 0.742. The van der Waals surface area contributed by atoms with Gasteiger partial charge in [0.2, 0.25) is 0 Å². The first-order chi connectivity index (χ1) is 9.65. The zero-order valence-electron chi connectivity index (χ0n) is 11.3. The number of nitrogens with one attached hydrogen (secondary N) is 1. The van der Waals surface area contributed by atoms with Gasteiger partial charge in [0, 0.05) is 37.6 Å². The molecule has 3 rings (SSSR count). The second kappa shape index (κ2) is 5.34. The summed E-state index contributed by atoms with van der Waals surface area (Å²) >= 11 is 3.38. The molecule has 0 saturated heterocycles. The lowest BCUT2D eigenvalue weighted by atomic mass is 10.2. The van der Waals surface area contributed by atoms with Crippen molar-refractivity contribution < 1.29 is 0 Å². The van der Waals surface area contributed by atoms with E-state index in [1.807, 2.05) is 34.7 Å². The van der Waals surface area contributed by atoms with Gasteiger partial charge in [0.1, 0.15) is 4.60 Å². The van der Waals surface area contributed by atoms with Crippen molar-refractivity contribution in [3.05, 3.63) is 46.3 Å². The van der Waals surface area contributed by atoms with Crippen molar-refractivity contribution in [2.24, 2.45) is 7.05 Å². The summed E-state index contributed by atoms with van der Waals surface area (Å²) in [5.41, 5.74) is 4.35. The van der Waals surface area contributed by atoms with E-state index in [-0.39, 0.29) is 0 Å². The highest BCUT2D eigenvalue weighted by molar-refractivity contribution is 9.10. The summed E-state index contributed by atoms with van der Waals surface area (Å²) in [5.74, 6) is 0. The van der Waals surface area contributed by atoms with Gasteiger partial charge in [-0.25, -0.2) is 9.97 Å². The van der Waals surface area contributed by atoms with Gasteiger partial charge in [-0.1, -0.05) is 0 Å². The van der Waals surface area contributed by atoms with Crippen LogP contribution in [0.1, 0.15) is 17.0 Å². The van der Waals surface area contributed by atoms with Crippen LogP contribution in [0.3, 0.4) is 0 Å². The number of rotatable bonds is 4. The number of hydrogen-bond donors (Lipinski definition) is 1. The Balaban J connectivity index is 1.71. The van der Waals surface area contributed by atoms with Gasteiger partial charge in [-0.15, -0.1) is 0 Å². The Bertz CT molecular complexity index is 744. The van der Waals surface area contributed by atoms with Crippen LogP contribution in [0.4, 0.5) is 0 Å². The molecule has 0 radical (unpaired) electrons. The zero-order valence-corrected chi connectivity index (χ0v) is 12.9. The summed E-state index contributed by atoms with van der Waals surface area (Å²) in [6, 6.07) is 0. The van der Waals surface area contributed by atoms with E-state index in [1.165, 1.54) is 11.3 Å². The standard InChI is InChI=1S/C13H15BrN6/c1-9-10(4-18-19(9)2)3-15-5-11-6-17-13-7-16-12(14)8-20(11)13/h4,6-8,15H,3,5H2,1-2H3. The highest BCUT2D eigenvalue weighted by atomic mass is 79.9. The molecular formula is C13H15BrN6. The van der Waals surface area contributed by atoms with Gasteiger partial charge in [0.25, 0.3) is 0 Å². The Kier molecular flexibility index (Phi) is 3.54. The number of aryl methyl sites for hydroxylation is 1. The fourth-order valence-electron chi connectivity index (χ4n) is 2.09. The number of hydrogen-bond acceptors (Lipinski definition) is 4. The summed E-state index contributed by atoms with van der Waals surface area (Å²) in [6.07, 6.45) is 7.44. The summed E-state index contributed by atoms with van der Waals surface area (Å²) in [5, 5.41) is 7.66. The van der Waals surface area contributed by atoms with Crippen LogP contribution >= 0.6 is 15.9 Å². The summed E-state index contributed by atoms with van der Waals surface area (Å²) in [6.45, 7) is 3.60. The van der Waals surface area contributed by atoms with Crippen LogP contribution < -0.4 is 5.32 Å². The molecule has 0 aliphatic carbocycles. The van der Waals surface area contributed by atoms with Gasteiger partial charge in [0.05, 0.1) is 24.3 Å². The minimum atomic E-state index is 0.742. The molecule has 0 saturated carbocycles. The molecule has 0 unspecified atom stereocenters. The number of nitrogens with zero attached hydrogens (tertiary/aromatic N) is 5. The molecule has 0 aliphatic heterocycles. The Morgan fingerprint density at radius 2 is 2.05 bits per heavy atom. The van der Waals surface area contributed by atoms with Gasteiger partial charge < -0.3 is 5.32 Å². The van der Waals surface area contributed by atoms with Crippen molar-refractivity contribution in [2.45, 2.75) is 20.0 Å². The average molecular weight is 335 g/mol. The van der Waals surface area contributed by atoms with Gasteiger partial charge >= 0.3 is 0 Å². The Morgan fingerprint density at radius 3 is 2.80 bits per heavy atom. The Labute approximate surface area is 125 Å². The highest BCUT2D eigenvalue weighted by Crippen LogP contribution is 2.11. The average Bonchev–Trinajstić information content (AvgIpc) is 2.97. The molecule has 3 aromatic heterocycles. The van der Waals surface area contributed by atoms with E-state index in [9.17, 15) is 0 Å². The molecule has 0 spiro atoms. The third-order valence-corrected chi connectivity index (χ3v) is 3.81. The molecule has 1 N–H and O–H groups in total. The molecule has 3 heterocycles. The van der Waals surface area contributed by atoms with Crippen molar-refractivity contribution in [2.75, 3.05) is 0 Å². The van der Waals surface area contributed by atoms with E-state index < -0.39 is 0 Å². The Hall–Kier alpha value is -1.73. The van der Waals surface area contributed by atoms with E-state index >= 15 is 0 Å². The Morgan fingerprint density at radius 1 is 1.20 bits per heavy atom. The molecule has 0 amide bonds. The first-order valence-electron chi connectivity index (χ1n) is 6.31. The molecule has 20 heavy (non-hydrogen) atoms.